The Labute approximate surface area is 149 Å². The number of hydrogen-bond donors (Lipinski definition) is 1. The van der Waals surface area contributed by atoms with Crippen LogP contribution in [-0.4, -0.2) is 28.2 Å². The average Bonchev–Trinajstić information content (AvgIpc) is 3.00. The van der Waals surface area contributed by atoms with Gasteiger partial charge in [-0.05, 0) is 29.8 Å². The molecular weight excluding hydrogens is 338 g/mol. The lowest BCUT2D eigenvalue weighted by atomic mass is 10.2. The van der Waals surface area contributed by atoms with Gasteiger partial charge < -0.3 is 14.4 Å². The van der Waals surface area contributed by atoms with Crippen LogP contribution in [-0.2, 0) is 6.54 Å². The second-order valence-corrected chi connectivity index (χ2v) is 6.18. The number of benzene rings is 2. The van der Waals surface area contributed by atoms with Crippen LogP contribution in [0.5, 0.6) is 0 Å². The molecule has 0 radical (unpaired) electrons. The van der Waals surface area contributed by atoms with Gasteiger partial charge in [-0.3, -0.25) is 0 Å². The number of aromatic nitrogens is 2. The van der Waals surface area contributed by atoms with Gasteiger partial charge in [0.2, 0.25) is 0 Å². The van der Waals surface area contributed by atoms with E-state index in [1.807, 2.05) is 53.4 Å². The molecule has 2 aromatic carbocycles. The van der Waals surface area contributed by atoms with Crippen molar-refractivity contribution in [3.8, 4) is 0 Å². The fraction of sp³-hybridized carbons (Fsp3) is 0.158. The van der Waals surface area contributed by atoms with E-state index in [9.17, 15) is 5.11 Å². The smallest absolute Gasteiger partial charge is 0.196 e. The zero-order chi connectivity index (χ0) is 17.2. The van der Waals surface area contributed by atoms with Gasteiger partial charge in [-0.1, -0.05) is 35.9 Å². The molecule has 0 amide bonds. The molecule has 0 atom stereocenters. The minimum Gasteiger partial charge on any atom is -0.450 e. The largest absolute Gasteiger partial charge is 0.450 e. The van der Waals surface area contributed by atoms with E-state index in [2.05, 4.69) is 9.97 Å². The number of nitrogens with zero attached hydrogens (tertiary/aromatic N) is 3. The highest BCUT2D eigenvalue weighted by Gasteiger charge is 2.18. The predicted molar refractivity (Wildman–Crippen MR) is 98.9 cm³/mol. The summed E-state index contributed by atoms with van der Waals surface area (Å²) in [4.78, 5) is 10.8. The van der Waals surface area contributed by atoms with Crippen LogP contribution in [0.25, 0.3) is 22.1 Å². The second kappa shape index (κ2) is 6.70. The Morgan fingerprint density at radius 3 is 2.80 bits per heavy atom. The van der Waals surface area contributed by atoms with Gasteiger partial charge in [-0.25, -0.2) is 9.97 Å². The molecule has 0 bridgehead atoms. The zero-order valence-electron chi connectivity index (χ0n) is 13.4. The normalized spacial score (nSPS) is 11.3. The van der Waals surface area contributed by atoms with Crippen molar-refractivity contribution in [2.45, 2.75) is 6.54 Å². The van der Waals surface area contributed by atoms with E-state index in [0.29, 0.717) is 29.5 Å². The van der Waals surface area contributed by atoms with E-state index < -0.39 is 0 Å². The molecule has 0 saturated carbocycles. The van der Waals surface area contributed by atoms with Crippen LogP contribution in [0, 0.1) is 0 Å². The quantitative estimate of drug-likeness (QED) is 0.587. The Morgan fingerprint density at radius 1 is 1.08 bits per heavy atom. The molecule has 1 N–H and O–H groups in total. The van der Waals surface area contributed by atoms with Crippen molar-refractivity contribution in [2.75, 3.05) is 18.1 Å². The molecule has 0 aliphatic carbocycles. The summed E-state index contributed by atoms with van der Waals surface area (Å²) in [7, 11) is 0. The molecular formula is C19H16ClN3O2. The average molecular weight is 354 g/mol. The highest BCUT2D eigenvalue weighted by molar-refractivity contribution is 6.30. The van der Waals surface area contributed by atoms with E-state index in [-0.39, 0.29) is 6.61 Å². The second-order valence-electron chi connectivity index (χ2n) is 5.75. The number of halogens is 1. The first-order valence-corrected chi connectivity index (χ1v) is 8.36. The van der Waals surface area contributed by atoms with Gasteiger partial charge in [-0.2, -0.15) is 0 Å². The third-order valence-corrected chi connectivity index (χ3v) is 4.31. The third kappa shape index (κ3) is 3.04. The maximum atomic E-state index is 9.50. The lowest BCUT2D eigenvalue weighted by Gasteiger charge is -2.22. The van der Waals surface area contributed by atoms with Crippen molar-refractivity contribution in [3.05, 3.63) is 65.4 Å². The van der Waals surface area contributed by atoms with E-state index in [4.69, 9.17) is 16.0 Å². The Balaban J connectivity index is 1.81. The minimum absolute atomic E-state index is 0.00624. The van der Waals surface area contributed by atoms with Crippen molar-refractivity contribution in [1.82, 2.24) is 9.97 Å². The molecule has 0 spiro atoms. The first-order valence-electron chi connectivity index (χ1n) is 7.99. The monoisotopic (exact) mass is 353 g/mol. The maximum absolute atomic E-state index is 9.50. The van der Waals surface area contributed by atoms with Crippen molar-refractivity contribution < 1.29 is 9.52 Å². The first-order chi connectivity index (χ1) is 12.3. The highest BCUT2D eigenvalue weighted by Crippen LogP contribution is 2.32. The van der Waals surface area contributed by atoms with E-state index >= 15 is 0 Å². The molecule has 4 rings (SSSR count). The molecule has 0 saturated heterocycles. The molecule has 25 heavy (non-hydrogen) atoms. The number of furan rings is 1. The molecule has 2 aromatic heterocycles. The van der Waals surface area contributed by atoms with E-state index in [1.54, 1.807) is 0 Å². The summed E-state index contributed by atoms with van der Waals surface area (Å²) in [6, 6.07) is 15.4. The van der Waals surface area contributed by atoms with E-state index in [1.165, 1.54) is 6.33 Å². The molecule has 4 aromatic rings. The number of anilines is 1. The fourth-order valence-electron chi connectivity index (χ4n) is 2.97. The predicted octanol–water partition coefficient (Wildman–Crippen LogP) is 4.03. The Morgan fingerprint density at radius 2 is 1.96 bits per heavy atom. The standard InChI is InChI=1S/C19H16ClN3O2/c20-14-5-3-4-13(10-14)11-23(8-9-24)19-18-17(21-12-22-19)15-6-1-2-7-16(15)25-18/h1-7,10,12,24H,8-9,11H2. The topological polar surface area (TPSA) is 62.4 Å². The van der Waals surface area contributed by atoms with Crippen LogP contribution in [0.3, 0.4) is 0 Å². The summed E-state index contributed by atoms with van der Waals surface area (Å²) in [5.41, 5.74) is 3.20. The molecule has 5 nitrogen and oxygen atoms in total. The lowest BCUT2D eigenvalue weighted by molar-refractivity contribution is 0.301. The van der Waals surface area contributed by atoms with Crippen molar-refractivity contribution >= 4 is 39.5 Å². The number of hydrogen-bond acceptors (Lipinski definition) is 5. The van der Waals surface area contributed by atoms with Gasteiger partial charge in [0, 0.05) is 23.5 Å². The molecule has 6 heteroatoms. The highest BCUT2D eigenvalue weighted by atomic mass is 35.5. The lowest BCUT2D eigenvalue weighted by Crippen LogP contribution is -2.27. The van der Waals surface area contributed by atoms with Crippen molar-refractivity contribution in [1.29, 1.82) is 0 Å². The van der Waals surface area contributed by atoms with Crippen LogP contribution in [0.1, 0.15) is 5.56 Å². The molecule has 0 aliphatic rings. The first kappa shape index (κ1) is 15.9. The SMILES string of the molecule is OCCN(Cc1cccc(Cl)c1)c1ncnc2c1oc1ccccc12. The van der Waals surface area contributed by atoms with Gasteiger partial charge in [0.25, 0.3) is 0 Å². The molecule has 126 valence electrons. The molecule has 2 heterocycles. The number of para-hydroxylation sites is 1. The Kier molecular flexibility index (Phi) is 4.26. The summed E-state index contributed by atoms with van der Waals surface area (Å²) in [5, 5.41) is 11.1. The summed E-state index contributed by atoms with van der Waals surface area (Å²) >= 11 is 6.09. The van der Waals surface area contributed by atoms with Crippen LogP contribution in [0.2, 0.25) is 5.02 Å². The Hall–Kier alpha value is -2.63. The van der Waals surface area contributed by atoms with Crippen LogP contribution in [0.15, 0.2) is 59.3 Å². The van der Waals surface area contributed by atoms with Gasteiger partial charge >= 0.3 is 0 Å². The molecule has 0 fully saturated rings. The fourth-order valence-corrected chi connectivity index (χ4v) is 3.19. The minimum atomic E-state index is 0.00624. The summed E-state index contributed by atoms with van der Waals surface area (Å²) in [6.07, 6.45) is 1.53. The summed E-state index contributed by atoms with van der Waals surface area (Å²) < 4.78 is 6.00. The third-order valence-electron chi connectivity index (χ3n) is 4.07. The van der Waals surface area contributed by atoms with Gasteiger partial charge in [-0.15, -0.1) is 0 Å². The Bertz CT molecular complexity index is 1030. The van der Waals surface area contributed by atoms with Crippen LogP contribution < -0.4 is 4.90 Å². The van der Waals surface area contributed by atoms with Gasteiger partial charge in [0.1, 0.15) is 17.4 Å². The van der Waals surface area contributed by atoms with Crippen LogP contribution in [0.4, 0.5) is 5.82 Å². The number of fused-ring (bicyclic) bond motifs is 3. The van der Waals surface area contributed by atoms with Gasteiger partial charge in [0.15, 0.2) is 11.4 Å². The van der Waals surface area contributed by atoms with Crippen molar-refractivity contribution in [2.24, 2.45) is 0 Å². The molecule has 0 aliphatic heterocycles. The number of rotatable bonds is 5. The van der Waals surface area contributed by atoms with Crippen LogP contribution >= 0.6 is 11.6 Å². The maximum Gasteiger partial charge on any atom is 0.196 e. The zero-order valence-corrected chi connectivity index (χ0v) is 14.1. The molecule has 0 unspecified atom stereocenters. The van der Waals surface area contributed by atoms with Crippen molar-refractivity contribution in [3.63, 3.8) is 0 Å². The van der Waals surface area contributed by atoms with E-state index in [0.717, 1.165) is 22.0 Å². The summed E-state index contributed by atoms with van der Waals surface area (Å²) in [6.45, 7) is 0.992. The van der Waals surface area contributed by atoms with Gasteiger partial charge in [0.05, 0.1) is 6.61 Å². The summed E-state index contributed by atoms with van der Waals surface area (Å²) in [5.74, 6) is 0.662. The number of aliphatic hydroxyl groups excluding tert-OH is 1. The number of aliphatic hydroxyl groups is 1.